The van der Waals surface area contributed by atoms with Gasteiger partial charge >= 0.3 is 0 Å². The second-order valence-electron chi connectivity index (χ2n) is 9.03. The lowest BCUT2D eigenvalue weighted by atomic mass is 9.97. The molecule has 1 rings (SSSR count). The molecule has 4 atom stereocenters. The number of hydrogen-bond donors (Lipinski definition) is 4. The minimum atomic E-state index is -1.10. The van der Waals surface area contributed by atoms with Gasteiger partial charge in [-0.2, -0.15) is 0 Å². The Morgan fingerprint density at radius 3 is 1.53 bits per heavy atom. The molecule has 0 fully saturated rings. The van der Waals surface area contributed by atoms with Crippen LogP contribution in [0.5, 0.6) is 0 Å². The molecule has 1 heterocycles. The largest absolute Gasteiger partial charge is 0.354 e. The molecule has 0 aliphatic carbocycles. The standard InChI is InChI=1S/C21H33N5O6/c1-11(17(29)22-10-21(5,6)7)23-18(30)12(2)24-19(31)13(3)25-20(32)14(4)26-15(27)8-9-16(26)28/h8-9,11-14H,10H2,1-7H3,(H,22,29)(H,23,30)(H,24,31)(H,25,32). The van der Waals surface area contributed by atoms with Crippen molar-refractivity contribution in [3.05, 3.63) is 12.2 Å². The van der Waals surface area contributed by atoms with Crippen molar-refractivity contribution in [2.24, 2.45) is 5.41 Å². The Kier molecular flexibility index (Phi) is 9.10. The third-order valence-electron chi connectivity index (χ3n) is 4.66. The van der Waals surface area contributed by atoms with Gasteiger partial charge in [0.15, 0.2) is 0 Å². The zero-order valence-corrected chi connectivity index (χ0v) is 19.6. The molecule has 0 aromatic carbocycles. The maximum absolute atomic E-state index is 12.4. The molecule has 32 heavy (non-hydrogen) atoms. The highest BCUT2D eigenvalue weighted by molar-refractivity contribution is 6.15. The molecule has 11 nitrogen and oxygen atoms in total. The third kappa shape index (κ3) is 7.78. The molecule has 1 aliphatic rings. The lowest BCUT2D eigenvalue weighted by Gasteiger charge is -2.24. The van der Waals surface area contributed by atoms with E-state index in [2.05, 4.69) is 21.3 Å². The number of imide groups is 1. The van der Waals surface area contributed by atoms with E-state index in [1.165, 1.54) is 27.7 Å². The van der Waals surface area contributed by atoms with Crippen molar-refractivity contribution in [1.82, 2.24) is 26.2 Å². The highest BCUT2D eigenvalue weighted by atomic mass is 16.2. The van der Waals surface area contributed by atoms with E-state index in [-0.39, 0.29) is 11.3 Å². The normalized spacial score (nSPS) is 17.3. The maximum atomic E-state index is 12.4. The van der Waals surface area contributed by atoms with E-state index in [0.717, 1.165) is 17.1 Å². The minimum Gasteiger partial charge on any atom is -0.354 e. The minimum absolute atomic E-state index is 0.107. The van der Waals surface area contributed by atoms with Gasteiger partial charge in [0.05, 0.1) is 0 Å². The first-order valence-electron chi connectivity index (χ1n) is 10.4. The van der Waals surface area contributed by atoms with Crippen LogP contribution in [0, 0.1) is 5.41 Å². The predicted molar refractivity (Wildman–Crippen MR) is 116 cm³/mol. The Morgan fingerprint density at radius 1 is 0.750 bits per heavy atom. The highest BCUT2D eigenvalue weighted by Crippen LogP contribution is 2.10. The molecule has 0 radical (unpaired) electrons. The van der Waals surface area contributed by atoms with Gasteiger partial charge in [0.2, 0.25) is 23.6 Å². The predicted octanol–water partition coefficient (Wildman–Crippen LogP) is -1.02. The topological polar surface area (TPSA) is 154 Å². The summed E-state index contributed by atoms with van der Waals surface area (Å²) in [5, 5.41) is 10.1. The first kappa shape index (κ1) is 26.8. The Labute approximate surface area is 187 Å². The maximum Gasteiger partial charge on any atom is 0.254 e. The van der Waals surface area contributed by atoms with E-state index >= 15 is 0 Å². The van der Waals surface area contributed by atoms with Crippen LogP contribution in [0.3, 0.4) is 0 Å². The van der Waals surface area contributed by atoms with E-state index in [1.807, 2.05) is 20.8 Å². The smallest absolute Gasteiger partial charge is 0.254 e. The quantitative estimate of drug-likeness (QED) is 0.329. The average molecular weight is 452 g/mol. The van der Waals surface area contributed by atoms with Crippen molar-refractivity contribution in [2.45, 2.75) is 72.6 Å². The zero-order chi connectivity index (χ0) is 24.8. The van der Waals surface area contributed by atoms with Gasteiger partial charge in [-0.15, -0.1) is 0 Å². The van der Waals surface area contributed by atoms with Crippen LogP contribution in [-0.2, 0) is 28.8 Å². The van der Waals surface area contributed by atoms with Gasteiger partial charge in [0, 0.05) is 18.7 Å². The van der Waals surface area contributed by atoms with E-state index in [0.29, 0.717) is 6.54 Å². The number of nitrogens with one attached hydrogen (secondary N) is 4. The van der Waals surface area contributed by atoms with Crippen LogP contribution in [0.2, 0.25) is 0 Å². The summed E-state index contributed by atoms with van der Waals surface area (Å²) in [6.45, 7) is 12.1. The van der Waals surface area contributed by atoms with Gasteiger partial charge < -0.3 is 21.3 Å². The van der Waals surface area contributed by atoms with Crippen LogP contribution in [-0.4, -0.2) is 71.1 Å². The first-order chi connectivity index (χ1) is 14.6. The van der Waals surface area contributed by atoms with Crippen molar-refractivity contribution >= 4 is 35.4 Å². The molecule has 11 heteroatoms. The first-order valence-corrected chi connectivity index (χ1v) is 10.4. The molecule has 0 aromatic heterocycles. The van der Waals surface area contributed by atoms with Crippen molar-refractivity contribution in [2.75, 3.05) is 6.54 Å². The summed E-state index contributed by atoms with van der Waals surface area (Å²) in [4.78, 5) is 73.2. The Bertz CT molecular complexity index is 798. The molecule has 1 aliphatic heterocycles. The summed E-state index contributed by atoms with van der Waals surface area (Å²) in [5.41, 5.74) is -0.107. The van der Waals surface area contributed by atoms with Gasteiger partial charge in [0.1, 0.15) is 24.2 Å². The van der Waals surface area contributed by atoms with Gasteiger partial charge in [-0.05, 0) is 33.1 Å². The molecule has 178 valence electrons. The zero-order valence-electron chi connectivity index (χ0n) is 19.6. The van der Waals surface area contributed by atoms with Crippen LogP contribution in [0.1, 0.15) is 48.5 Å². The molecular weight excluding hydrogens is 418 g/mol. The molecular formula is C21H33N5O6. The Hall–Kier alpha value is -3.24. The molecule has 0 saturated carbocycles. The SMILES string of the molecule is CC(NC(=O)C(C)NC(=O)C(C)NC(=O)C(C)N1C(=O)C=CC1=O)C(=O)NCC(C)(C)C. The summed E-state index contributed by atoms with van der Waals surface area (Å²) in [7, 11) is 0. The van der Waals surface area contributed by atoms with Crippen molar-refractivity contribution in [1.29, 1.82) is 0 Å². The summed E-state index contributed by atoms with van der Waals surface area (Å²) < 4.78 is 0. The lowest BCUT2D eigenvalue weighted by Crippen LogP contribution is -2.56. The molecule has 4 unspecified atom stereocenters. The average Bonchev–Trinajstić information content (AvgIpc) is 3.02. The number of carbonyl (C=O) groups excluding carboxylic acids is 6. The molecule has 0 bridgehead atoms. The lowest BCUT2D eigenvalue weighted by molar-refractivity contribution is -0.145. The number of hydrogen-bond acceptors (Lipinski definition) is 6. The summed E-state index contributed by atoms with van der Waals surface area (Å²) >= 11 is 0. The van der Waals surface area contributed by atoms with E-state index in [4.69, 9.17) is 0 Å². The molecule has 0 spiro atoms. The van der Waals surface area contributed by atoms with Crippen LogP contribution >= 0.6 is 0 Å². The van der Waals surface area contributed by atoms with Crippen molar-refractivity contribution in [3.63, 3.8) is 0 Å². The Morgan fingerprint density at radius 2 is 1.12 bits per heavy atom. The van der Waals surface area contributed by atoms with E-state index in [1.54, 1.807) is 0 Å². The molecule has 4 N–H and O–H groups in total. The molecule has 0 saturated heterocycles. The van der Waals surface area contributed by atoms with Crippen LogP contribution in [0.25, 0.3) is 0 Å². The number of amides is 6. The fourth-order valence-corrected chi connectivity index (χ4v) is 2.62. The van der Waals surface area contributed by atoms with Gasteiger partial charge in [0.25, 0.3) is 11.8 Å². The second-order valence-corrected chi connectivity index (χ2v) is 9.03. The monoisotopic (exact) mass is 451 g/mol. The van der Waals surface area contributed by atoms with Crippen molar-refractivity contribution in [3.8, 4) is 0 Å². The fourth-order valence-electron chi connectivity index (χ4n) is 2.62. The molecule has 0 aromatic rings. The van der Waals surface area contributed by atoms with Crippen LogP contribution in [0.4, 0.5) is 0 Å². The van der Waals surface area contributed by atoms with Crippen molar-refractivity contribution < 1.29 is 28.8 Å². The highest BCUT2D eigenvalue weighted by Gasteiger charge is 2.34. The summed E-state index contributed by atoms with van der Waals surface area (Å²) in [6, 6.07) is -3.91. The number of rotatable bonds is 9. The Balaban J connectivity index is 2.53. The second kappa shape index (κ2) is 10.9. The summed E-state index contributed by atoms with van der Waals surface area (Å²) in [6.07, 6.45) is 2.12. The van der Waals surface area contributed by atoms with Gasteiger partial charge in [-0.1, -0.05) is 20.8 Å². The number of nitrogens with zero attached hydrogens (tertiary/aromatic N) is 1. The molecule has 6 amide bonds. The van der Waals surface area contributed by atoms with E-state index in [9.17, 15) is 28.8 Å². The van der Waals surface area contributed by atoms with Gasteiger partial charge in [-0.3, -0.25) is 33.7 Å². The summed E-state index contributed by atoms with van der Waals surface area (Å²) in [5.74, 6) is -3.47. The number of carbonyl (C=O) groups is 6. The van der Waals surface area contributed by atoms with E-state index < -0.39 is 53.7 Å². The van der Waals surface area contributed by atoms with Crippen LogP contribution < -0.4 is 21.3 Å². The third-order valence-corrected chi connectivity index (χ3v) is 4.66. The van der Waals surface area contributed by atoms with Crippen LogP contribution in [0.15, 0.2) is 12.2 Å². The van der Waals surface area contributed by atoms with Gasteiger partial charge in [-0.25, -0.2) is 0 Å². The fraction of sp³-hybridized carbons (Fsp3) is 0.619.